The molecule has 6 heteroatoms. The van der Waals surface area contributed by atoms with Crippen molar-refractivity contribution in [3.63, 3.8) is 0 Å². The Bertz CT molecular complexity index is 358. The molecule has 1 amide bonds. The zero-order valence-corrected chi connectivity index (χ0v) is 8.67. The molecule has 0 aliphatic carbocycles. The Hall–Kier alpha value is -1.85. The van der Waals surface area contributed by atoms with Crippen LogP contribution in [0.5, 0.6) is 5.75 Å². The highest BCUT2D eigenvalue weighted by molar-refractivity contribution is 5.80. The molecule has 0 heterocycles. The van der Waals surface area contributed by atoms with Crippen molar-refractivity contribution >= 4 is 11.6 Å². The number of benzene rings is 1. The molecule has 0 saturated carbocycles. The van der Waals surface area contributed by atoms with Crippen LogP contribution in [0.4, 0.5) is 14.5 Å². The first-order valence-corrected chi connectivity index (χ1v) is 4.61. The number of ether oxygens (including phenoxy) is 1. The first kappa shape index (κ1) is 12.2. The van der Waals surface area contributed by atoms with Gasteiger partial charge in [0.15, 0.2) is 0 Å². The van der Waals surface area contributed by atoms with E-state index in [2.05, 4.69) is 15.4 Å². The van der Waals surface area contributed by atoms with E-state index in [4.69, 9.17) is 0 Å². The highest BCUT2D eigenvalue weighted by Gasteiger charge is 2.09. The Kier molecular flexibility index (Phi) is 4.50. The van der Waals surface area contributed by atoms with E-state index in [-0.39, 0.29) is 18.2 Å². The second kappa shape index (κ2) is 5.89. The normalized spacial score (nSPS) is 10.0. The molecule has 1 aromatic rings. The Morgan fingerprint density at radius 2 is 2.12 bits per heavy atom. The fourth-order valence-corrected chi connectivity index (χ4v) is 1.08. The van der Waals surface area contributed by atoms with Crippen molar-refractivity contribution in [1.82, 2.24) is 5.32 Å². The SMILES string of the molecule is CNC(=O)CNc1ccccc1OC(F)F. The molecule has 0 aliphatic heterocycles. The van der Waals surface area contributed by atoms with Crippen LogP contribution in [0.2, 0.25) is 0 Å². The number of rotatable bonds is 5. The molecule has 16 heavy (non-hydrogen) atoms. The first-order chi connectivity index (χ1) is 7.63. The average molecular weight is 230 g/mol. The van der Waals surface area contributed by atoms with Gasteiger partial charge in [-0.15, -0.1) is 0 Å². The predicted octanol–water partition coefficient (Wildman–Crippen LogP) is 1.45. The van der Waals surface area contributed by atoms with Gasteiger partial charge in [-0.05, 0) is 12.1 Å². The van der Waals surface area contributed by atoms with E-state index < -0.39 is 6.61 Å². The van der Waals surface area contributed by atoms with Gasteiger partial charge >= 0.3 is 6.61 Å². The van der Waals surface area contributed by atoms with Crippen molar-refractivity contribution < 1.29 is 18.3 Å². The van der Waals surface area contributed by atoms with Gasteiger partial charge in [-0.25, -0.2) is 0 Å². The molecule has 1 aromatic carbocycles. The second-order valence-electron chi connectivity index (χ2n) is 2.90. The van der Waals surface area contributed by atoms with Gasteiger partial charge in [-0.3, -0.25) is 4.79 Å². The Morgan fingerprint density at radius 3 is 2.75 bits per heavy atom. The summed E-state index contributed by atoms with van der Waals surface area (Å²) in [7, 11) is 1.49. The van der Waals surface area contributed by atoms with Crippen molar-refractivity contribution in [1.29, 1.82) is 0 Å². The third kappa shape index (κ3) is 3.72. The van der Waals surface area contributed by atoms with E-state index in [1.165, 1.54) is 13.1 Å². The maximum atomic E-state index is 12.0. The number of carbonyl (C=O) groups excluding carboxylic acids is 1. The molecule has 0 spiro atoms. The van der Waals surface area contributed by atoms with Crippen LogP contribution in [-0.4, -0.2) is 26.1 Å². The van der Waals surface area contributed by atoms with Crippen LogP contribution in [-0.2, 0) is 4.79 Å². The van der Waals surface area contributed by atoms with Gasteiger partial charge < -0.3 is 15.4 Å². The molecular weight excluding hydrogens is 218 g/mol. The number of alkyl halides is 2. The number of amides is 1. The number of carbonyl (C=O) groups is 1. The Balaban J connectivity index is 2.67. The predicted molar refractivity (Wildman–Crippen MR) is 55.6 cm³/mol. The number of halogens is 2. The highest BCUT2D eigenvalue weighted by atomic mass is 19.3. The van der Waals surface area contributed by atoms with Crippen LogP contribution >= 0.6 is 0 Å². The fraction of sp³-hybridized carbons (Fsp3) is 0.300. The van der Waals surface area contributed by atoms with Crippen LogP contribution in [0, 0.1) is 0 Å². The number of hydrogen-bond donors (Lipinski definition) is 2. The number of nitrogens with one attached hydrogen (secondary N) is 2. The lowest BCUT2D eigenvalue weighted by Crippen LogP contribution is -2.26. The van der Waals surface area contributed by atoms with E-state index in [1.54, 1.807) is 18.2 Å². The van der Waals surface area contributed by atoms with E-state index in [0.717, 1.165) is 0 Å². The summed E-state index contributed by atoms with van der Waals surface area (Å²) in [5.74, 6) is -0.228. The summed E-state index contributed by atoms with van der Waals surface area (Å²) in [5, 5.41) is 5.10. The van der Waals surface area contributed by atoms with Crippen molar-refractivity contribution in [2.75, 3.05) is 18.9 Å². The quantitative estimate of drug-likeness (QED) is 0.804. The summed E-state index contributed by atoms with van der Waals surface area (Å²) >= 11 is 0. The Morgan fingerprint density at radius 1 is 1.44 bits per heavy atom. The van der Waals surface area contributed by atoms with Gasteiger partial charge in [0.2, 0.25) is 5.91 Å². The molecule has 88 valence electrons. The van der Waals surface area contributed by atoms with Crippen molar-refractivity contribution in [2.24, 2.45) is 0 Å². The summed E-state index contributed by atoms with van der Waals surface area (Å²) < 4.78 is 28.4. The first-order valence-electron chi connectivity index (χ1n) is 4.61. The number of para-hydroxylation sites is 2. The molecule has 0 radical (unpaired) electrons. The molecule has 0 bridgehead atoms. The van der Waals surface area contributed by atoms with Gasteiger partial charge in [0.05, 0.1) is 12.2 Å². The van der Waals surface area contributed by atoms with E-state index in [9.17, 15) is 13.6 Å². The molecule has 4 nitrogen and oxygen atoms in total. The van der Waals surface area contributed by atoms with Crippen molar-refractivity contribution in [3.8, 4) is 5.75 Å². The largest absolute Gasteiger partial charge is 0.433 e. The lowest BCUT2D eigenvalue weighted by Gasteiger charge is -2.11. The smallest absolute Gasteiger partial charge is 0.387 e. The fourth-order valence-electron chi connectivity index (χ4n) is 1.08. The van der Waals surface area contributed by atoms with Gasteiger partial charge in [0.25, 0.3) is 0 Å². The van der Waals surface area contributed by atoms with Crippen LogP contribution in [0.25, 0.3) is 0 Å². The highest BCUT2D eigenvalue weighted by Crippen LogP contribution is 2.24. The number of likely N-dealkylation sites (N-methyl/N-ethyl adjacent to an activating group) is 1. The molecule has 2 N–H and O–H groups in total. The van der Waals surface area contributed by atoms with E-state index in [0.29, 0.717) is 5.69 Å². The summed E-state index contributed by atoms with van der Waals surface area (Å²) in [5.41, 5.74) is 0.353. The summed E-state index contributed by atoms with van der Waals surface area (Å²) in [6.45, 7) is -2.89. The zero-order valence-electron chi connectivity index (χ0n) is 8.67. The summed E-state index contributed by atoms with van der Waals surface area (Å²) in [6.07, 6.45) is 0. The molecule has 0 aliphatic rings. The standard InChI is InChI=1S/C10H12F2N2O2/c1-13-9(15)6-14-7-4-2-3-5-8(7)16-10(11)12/h2-5,10,14H,6H2,1H3,(H,13,15). The van der Waals surface area contributed by atoms with Crippen LogP contribution < -0.4 is 15.4 Å². The summed E-state index contributed by atoms with van der Waals surface area (Å²) in [6, 6.07) is 6.19. The monoisotopic (exact) mass is 230 g/mol. The molecule has 0 atom stereocenters. The van der Waals surface area contributed by atoms with Gasteiger partial charge in [-0.2, -0.15) is 8.78 Å². The van der Waals surface area contributed by atoms with E-state index in [1.807, 2.05) is 0 Å². The van der Waals surface area contributed by atoms with Crippen LogP contribution in [0.15, 0.2) is 24.3 Å². The van der Waals surface area contributed by atoms with Crippen molar-refractivity contribution in [3.05, 3.63) is 24.3 Å². The zero-order chi connectivity index (χ0) is 12.0. The third-order valence-electron chi connectivity index (χ3n) is 1.82. The van der Waals surface area contributed by atoms with Crippen molar-refractivity contribution in [2.45, 2.75) is 6.61 Å². The lowest BCUT2D eigenvalue weighted by molar-refractivity contribution is -0.118. The number of anilines is 1. The number of hydrogen-bond acceptors (Lipinski definition) is 3. The molecule has 1 rings (SSSR count). The topological polar surface area (TPSA) is 50.4 Å². The molecule has 0 saturated heterocycles. The lowest BCUT2D eigenvalue weighted by atomic mass is 10.3. The van der Waals surface area contributed by atoms with E-state index >= 15 is 0 Å². The van der Waals surface area contributed by atoms with Crippen LogP contribution in [0.1, 0.15) is 0 Å². The second-order valence-corrected chi connectivity index (χ2v) is 2.90. The minimum absolute atomic E-state index is 0.000111. The molecule has 0 unspecified atom stereocenters. The van der Waals surface area contributed by atoms with Gasteiger partial charge in [0, 0.05) is 7.05 Å². The average Bonchev–Trinajstić information content (AvgIpc) is 2.26. The molecular formula is C10H12F2N2O2. The molecule has 0 fully saturated rings. The molecule has 0 aromatic heterocycles. The Labute approximate surface area is 91.6 Å². The minimum atomic E-state index is -2.89. The maximum absolute atomic E-state index is 12.0. The summed E-state index contributed by atoms with van der Waals surface area (Å²) in [4.78, 5) is 11.0. The minimum Gasteiger partial charge on any atom is -0.433 e. The van der Waals surface area contributed by atoms with Crippen LogP contribution in [0.3, 0.4) is 0 Å². The van der Waals surface area contributed by atoms with Gasteiger partial charge in [0.1, 0.15) is 5.75 Å². The maximum Gasteiger partial charge on any atom is 0.387 e. The van der Waals surface area contributed by atoms with Gasteiger partial charge in [-0.1, -0.05) is 12.1 Å². The third-order valence-corrected chi connectivity index (χ3v) is 1.82.